The van der Waals surface area contributed by atoms with Crippen LogP contribution in [0.5, 0.6) is 0 Å². The molecule has 4 nitrogen and oxygen atoms in total. The predicted octanol–water partition coefficient (Wildman–Crippen LogP) is 1.16. The van der Waals surface area contributed by atoms with Gasteiger partial charge in [-0.3, -0.25) is 5.41 Å². The van der Waals surface area contributed by atoms with E-state index in [0.29, 0.717) is 12.4 Å². The van der Waals surface area contributed by atoms with Crippen LogP contribution in [-0.2, 0) is 0 Å². The number of hydrogen-bond donors (Lipinski definition) is 2. The molecule has 6 heteroatoms. The molecule has 12 heavy (non-hydrogen) atoms. The van der Waals surface area contributed by atoms with Gasteiger partial charge in [0.1, 0.15) is 5.84 Å². The number of hydrogen-bond acceptors (Lipinski definition) is 3. The average molecular weight is 212 g/mol. The van der Waals surface area contributed by atoms with Gasteiger partial charge in [-0.15, -0.1) is 24.0 Å². The molecule has 0 aliphatic carbocycles. The summed E-state index contributed by atoms with van der Waals surface area (Å²) in [5.74, 6) is 0.615. The van der Waals surface area contributed by atoms with E-state index in [1.54, 1.807) is 4.90 Å². The summed E-state index contributed by atoms with van der Waals surface area (Å²) in [6.45, 7) is 1.28. The van der Waals surface area contributed by atoms with Gasteiger partial charge in [0.15, 0.2) is 0 Å². The summed E-state index contributed by atoms with van der Waals surface area (Å²) in [5, 5.41) is 18.8. The molecule has 0 unspecified atom stereocenters. The number of amidine groups is 1. The highest BCUT2D eigenvalue weighted by Gasteiger charge is 2.19. The second kappa shape index (κ2) is 5.22. The normalized spacial score (nSPS) is 19.4. The molecule has 0 bridgehead atoms. The van der Waals surface area contributed by atoms with Crippen LogP contribution in [0.2, 0.25) is 0 Å². The molecule has 0 aromatic heterocycles. The van der Waals surface area contributed by atoms with Crippen molar-refractivity contribution < 1.29 is 5.21 Å². The van der Waals surface area contributed by atoms with Gasteiger partial charge < -0.3 is 10.1 Å². The highest BCUT2D eigenvalue weighted by Crippen LogP contribution is 2.06. The third-order valence-electron chi connectivity index (χ3n) is 1.69. The smallest absolute Gasteiger partial charge is 0.111 e. The van der Waals surface area contributed by atoms with Crippen molar-refractivity contribution in [1.29, 1.82) is 5.41 Å². The van der Waals surface area contributed by atoms with Crippen molar-refractivity contribution in [3.63, 3.8) is 0 Å². The van der Waals surface area contributed by atoms with Gasteiger partial charge in [0, 0.05) is 13.0 Å². The SMILES string of the molecule is Cl.N=C(CCl)N1CCC(=NO)C1. The molecule has 1 aliphatic heterocycles. The van der Waals surface area contributed by atoms with Crippen LogP contribution in [0.3, 0.4) is 0 Å². The lowest BCUT2D eigenvalue weighted by atomic mass is 10.3. The molecule has 2 N–H and O–H groups in total. The molecule has 1 rings (SSSR count). The Balaban J connectivity index is 0.00000121. The van der Waals surface area contributed by atoms with Crippen LogP contribution in [0.15, 0.2) is 5.16 Å². The first-order chi connectivity index (χ1) is 5.27. The number of nitrogens with zero attached hydrogens (tertiary/aromatic N) is 2. The van der Waals surface area contributed by atoms with Crippen molar-refractivity contribution in [3.8, 4) is 0 Å². The average Bonchev–Trinajstić information content (AvgIpc) is 2.50. The van der Waals surface area contributed by atoms with Gasteiger partial charge in [-0.25, -0.2) is 0 Å². The highest BCUT2D eigenvalue weighted by molar-refractivity contribution is 6.27. The van der Waals surface area contributed by atoms with E-state index in [0.717, 1.165) is 18.7 Å². The Hall–Kier alpha value is -0.480. The van der Waals surface area contributed by atoms with Crippen LogP contribution in [0.1, 0.15) is 6.42 Å². The number of halogens is 2. The maximum Gasteiger partial charge on any atom is 0.111 e. The summed E-state index contributed by atoms with van der Waals surface area (Å²) >= 11 is 5.45. The van der Waals surface area contributed by atoms with Gasteiger partial charge in [-0.2, -0.15) is 0 Å². The minimum atomic E-state index is 0. The summed E-state index contributed by atoms with van der Waals surface area (Å²) in [5.41, 5.74) is 0.722. The molecule has 1 heterocycles. The Morgan fingerprint density at radius 1 is 1.75 bits per heavy atom. The van der Waals surface area contributed by atoms with E-state index in [1.807, 2.05) is 0 Å². The maximum absolute atomic E-state index is 8.40. The zero-order valence-corrected chi connectivity index (χ0v) is 8.03. The van der Waals surface area contributed by atoms with Crippen molar-refractivity contribution in [3.05, 3.63) is 0 Å². The zero-order chi connectivity index (χ0) is 8.27. The standard InChI is InChI=1S/C6H10ClN3O.ClH/c7-3-6(8)10-2-1-5(4-10)9-11;/h8,11H,1-4H2;1H. The lowest BCUT2D eigenvalue weighted by molar-refractivity contribution is 0.317. The fourth-order valence-corrected chi connectivity index (χ4v) is 1.21. The molecule has 0 spiro atoms. The van der Waals surface area contributed by atoms with E-state index in [1.165, 1.54) is 0 Å². The number of alkyl halides is 1. The lowest BCUT2D eigenvalue weighted by Gasteiger charge is -2.14. The van der Waals surface area contributed by atoms with Crippen LogP contribution < -0.4 is 0 Å². The van der Waals surface area contributed by atoms with E-state index >= 15 is 0 Å². The van der Waals surface area contributed by atoms with E-state index in [9.17, 15) is 0 Å². The monoisotopic (exact) mass is 211 g/mol. The van der Waals surface area contributed by atoms with Gasteiger partial charge in [-0.05, 0) is 0 Å². The fraction of sp³-hybridized carbons (Fsp3) is 0.667. The van der Waals surface area contributed by atoms with Gasteiger partial charge in [0.05, 0.1) is 18.1 Å². The van der Waals surface area contributed by atoms with Gasteiger partial charge in [0.25, 0.3) is 0 Å². The molecule has 1 fully saturated rings. The third-order valence-corrected chi connectivity index (χ3v) is 1.95. The van der Waals surface area contributed by atoms with Gasteiger partial charge >= 0.3 is 0 Å². The summed E-state index contributed by atoms with van der Waals surface area (Å²) < 4.78 is 0. The van der Waals surface area contributed by atoms with E-state index in [-0.39, 0.29) is 18.3 Å². The van der Waals surface area contributed by atoms with Crippen LogP contribution in [0.25, 0.3) is 0 Å². The summed E-state index contributed by atoms with van der Waals surface area (Å²) in [6.07, 6.45) is 0.732. The Labute approximate surface area is 82.1 Å². The van der Waals surface area contributed by atoms with Crippen molar-refractivity contribution >= 4 is 35.6 Å². The minimum absolute atomic E-state index is 0. The molecular weight excluding hydrogens is 201 g/mol. The largest absolute Gasteiger partial charge is 0.411 e. The number of oxime groups is 1. The number of nitrogens with one attached hydrogen (secondary N) is 1. The fourth-order valence-electron chi connectivity index (χ4n) is 1.04. The molecule has 0 amide bonds. The van der Waals surface area contributed by atoms with Crippen LogP contribution in [0, 0.1) is 5.41 Å². The van der Waals surface area contributed by atoms with E-state index < -0.39 is 0 Å². The summed E-state index contributed by atoms with van der Waals surface area (Å²) in [6, 6.07) is 0. The van der Waals surface area contributed by atoms with Crippen molar-refractivity contribution in [2.75, 3.05) is 19.0 Å². The molecule has 0 aromatic rings. The van der Waals surface area contributed by atoms with Crippen LogP contribution >= 0.6 is 24.0 Å². The second-order valence-electron chi connectivity index (χ2n) is 2.42. The van der Waals surface area contributed by atoms with Crippen molar-refractivity contribution in [1.82, 2.24) is 4.90 Å². The molecule has 0 aromatic carbocycles. The van der Waals surface area contributed by atoms with Crippen molar-refractivity contribution in [2.45, 2.75) is 6.42 Å². The summed E-state index contributed by atoms with van der Waals surface area (Å²) in [4.78, 5) is 1.79. The van der Waals surface area contributed by atoms with Crippen molar-refractivity contribution in [2.24, 2.45) is 5.16 Å². The third kappa shape index (κ3) is 2.53. The minimum Gasteiger partial charge on any atom is -0.411 e. The Morgan fingerprint density at radius 3 is 2.83 bits per heavy atom. The zero-order valence-electron chi connectivity index (χ0n) is 6.46. The lowest BCUT2D eigenvalue weighted by Crippen LogP contribution is -2.28. The summed E-state index contributed by atoms with van der Waals surface area (Å²) in [7, 11) is 0. The quantitative estimate of drug-likeness (QED) is 0.225. The molecule has 1 aliphatic rings. The predicted molar refractivity (Wildman–Crippen MR) is 51.1 cm³/mol. The van der Waals surface area contributed by atoms with Gasteiger partial charge in [0.2, 0.25) is 0 Å². The first-order valence-corrected chi connectivity index (χ1v) is 3.89. The molecule has 0 saturated carbocycles. The first-order valence-electron chi connectivity index (χ1n) is 3.36. The topological polar surface area (TPSA) is 59.7 Å². The second-order valence-corrected chi connectivity index (χ2v) is 2.69. The molecule has 1 saturated heterocycles. The van der Waals surface area contributed by atoms with Crippen LogP contribution in [0.4, 0.5) is 0 Å². The Morgan fingerprint density at radius 2 is 2.42 bits per heavy atom. The van der Waals surface area contributed by atoms with Gasteiger partial charge in [-0.1, -0.05) is 5.16 Å². The number of rotatable bonds is 1. The number of likely N-dealkylation sites (tertiary alicyclic amines) is 1. The van der Waals surface area contributed by atoms with E-state index in [2.05, 4.69) is 5.16 Å². The molecular formula is C6H11Cl2N3O. The molecule has 0 radical (unpaired) electrons. The highest BCUT2D eigenvalue weighted by atomic mass is 35.5. The molecule has 70 valence electrons. The van der Waals surface area contributed by atoms with E-state index in [4.69, 9.17) is 22.2 Å². The molecule has 0 atom stereocenters. The Bertz CT molecular complexity index is 195. The maximum atomic E-state index is 8.40. The van der Waals surface area contributed by atoms with Crippen LogP contribution in [-0.4, -0.2) is 40.6 Å². The first kappa shape index (κ1) is 11.5. The Kier molecular flexibility index (Phi) is 5.01.